The van der Waals surface area contributed by atoms with Crippen molar-refractivity contribution in [1.82, 2.24) is 5.32 Å². The number of thioether (sulfide) groups is 1. The van der Waals surface area contributed by atoms with E-state index in [4.69, 9.17) is 5.11 Å². The summed E-state index contributed by atoms with van der Waals surface area (Å²) >= 11 is 1.46. The molecule has 4 heteroatoms. The highest BCUT2D eigenvalue weighted by atomic mass is 32.2. The standard InChI is InChI=1S/C14H22FNOS/c1-4-16-11(3)12-5-6-14(13(15)7-12)18-9-10(2)8-17/h5-7,10-11,16-17H,4,8-9H2,1-3H3. The van der Waals surface area contributed by atoms with Crippen LogP contribution in [0.15, 0.2) is 23.1 Å². The SMILES string of the molecule is CCNC(C)c1ccc(SCC(C)CO)c(F)c1. The molecule has 1 rings (SSSR count). The molecule has 0 bridgehead atoms. The van der Waals surface area contributed by atoms with Crippen molar-refractivity contribution in [2.24, 2.45) is 5.92 Å². The molecule has 0 amide bonds. The summed E-state index contributed by atoms with van der Waals surface area (Å²) in [4.78, 5) is 0.655. The van der Waals surface area contributed by atoms with E-state index in [1.807, 2.05) is 32.9 Å². The summed E-state index contributed by atoms with van der Waals surface area (Å²) in [5.41, 5.74) is 0.967. The van der Waals surface area contributed by atoms with Gasteiger partial charge in [0.15, 0.2) is 0 Å². The summed E-state index contributed by atoms with van der Waals surface area (Å²) < 4.78 is 13.9. The fourth-order valence-corrected chi connectivity index (χ4v) is 2.54. The zero-order chi connectivity index (χ0) is 13.5. The second kappa shape index (κ2) is 7.77. The topological polar surface area (TPSA) is 32.3 Å². The minimum atomic E-state index is -0.174. The number of halogens is 1. The number of aliphatic hydroxyl groups is 1. The van der Waals surface area contributed by atoms with Crippen LogP contribution in [0.1, 0.15) is 32.4 Å². The number of rotatable bonds is 7. The maximum atomic E-state index is 13.9. The van der Waals surface area contributed by atoms with Gasteiger partial charge >= 0.3 is 0 Å². The molecule has 0 aliphatic carbocycles. The second-order valence-electron chi connectivity index (χ2n) is 4.57. The molecule has 0 saturated carbocycles. The van der Waals surface area contributed by atoms with E-state index in [0.717, 1.165) is 17.9 Å². The van der Waals surface area contributed by atoms with Crippen molar-refractivity contribution in [3.8, 4) is 0 Å². The molecule has 1 aromatic carbocycles. The van der Waals surface area contributed by atoms with E-state index in [-0.39, 0.29) is 24.4 Å². The Morgan fingerprint density at radius 2 is 2.11 bits per heavy atom. The smallest absolute Gasteiger partial charge is 0.137 e. The van der Waals surface area contributed by atoms with Crippen molar-refractivity contribution in [2.45, 2.75) is 31.7 Å². The van der Waals surface area contributed by atoms with Gasteiger partial charge in [-0.3, -0.25) is 0 Å². The fourth-order valence-electron chi connectivity index (χ4n) is 1.61. The normalized spacial score (nSPS) is 14.5. The van der Waals surface area contributed by atoms with E-state index in [2.05, 4.69) is 5.32 Å². The van der Waals surface area contributed by atoms with Crippen LogP contribution in [-0.4, -0.2) is 24.0 Å². The van der Waals surface area contributed by atoms with Crippen LogP contribution in [0.4, 0.5) is 4.39 Å². The van der Waals surface area contributed by atoms with E-state index >= 15 is 0 Å². The minimum Gasteiger partial charge on any atom is -0.396 e. The minimum absolute atomic E-state index is 0.143. The molecule has 0 aromatic heterocycles. The van der Waals surface area contributed by atoms with Crippen LogP contribution in [0.3, 0.4) is 0 Å². The summed E-state index contributed by atoms with van der Waals surface area (Å²) in [7, 11) is 0. The van der Waals surface area contributed by atoms with Crippen molar-refractivity contribution in [3.63, 3.8) is 0 Å². The third-order valence-electron chi connectivity index (χ3n) is 2.80. The molecule has 2 nitrogen and oxygen atoms in total. The highest BCUT2D eigenvalue weighted by molar-refractivity contribution is 7.99. The van der Waals surface area contributed by atoms with Gasteiger partial charge in [-0.25, -0.2) is 4.39 Å². The van der Waals surface area contributed by atoms with Gasteiger partial charge in [0.05, 0.1) is 0 Å². The maximum absolute atomic E-state index is 13.9. The van der Waals surface area contributed by atoms with E-state index in [0.29, 0.717) is 4.90 Å². The predicted octanol–water partition coefficient (Wildman–Crippen LogP) is 3.22. The van der Waals surface area contributed by atoms with Crippen LogP contribution in [-0.2, 0) is 0 Å². The van der Waals surface area contributed by atoms with Gasteiger partial charge in [-0.05, 0) is 37.1 Å². The van der Waals surface area contributed by atoms with Gasteiger partial charge in [-0.15, -0.1) is 11.8 Å². The number of hydrogen-bond acceptors (Lipinski definition) is 3. The third-order valence-corrected chi connectivity index (χ3v) is 4.18. The lowest BCUT2D eigenvalue weighted by molar-refractivity contribution is 0.250. The van der Waals surface area contributed by atoms with Gasteiger partial charge in [0, 0.05) is 23.3 Å². The van der Waals surface area contributed by atoms with Crippen molar-refractivity contribution in [1.29, 1.82) is 0 Å². The van der Waals surface area contributed by atoms with Crippen LogP contribution in [0.2, 0.25) is 0 Å². The Balaban J connectivity index is 2.67. The molecule has 0 heterocycles. The maximum Gasteiger partial charge on any atom is 0.137 e. The average molecular weight is 271 g/mol. The number of nitrogens with one attached hydrogen (secondary N) is 1. The molecule has 18 heavy (non-hydrogen) atoms. The Bertz CT molecular complexity index is 373. The molecule has 0 saturated heterocycles. The van der Waals surface area contributed by atoms with Crippen LogP contribution in [0, 0.1) is 11.7 Å². The third kappa shape index (κ3) is 4.59. The molecule has 1 aromatic rings. The van der Waals surface area contributed by atoms with Gasteiger partial charge in [0.1, 0.15) is 5.82 Å². The monoisotopic (exact) mass is 271 g/mol. The van der Waals surface area contributed by atoms with Crippen molar-refractivity contribution in [2.75, 3.05) is 18.9 Å². The Morgan fingerprint density at radius 3 is 2.67 bits per heavy atom. The van der Waals surface area contributed by atoms with Crippen molar-refractivity contribution in [3.05, 3.63) is 29.6 Å². The summed E-state index contributed by atoms with van der Waals surface area (Å²) in [5, 5.41) is 12.2. The van der Waals surface area contributed by atoms with Gasteiger partial charge in [0.2, 0.25) is 0 Å². The summed E-state index contributed by atoms with van der Waals surface area (Å²) in [5.74, 6) is 0.748. The van der Waals surface area contributed by atoms with Gasteiger partial charge in [0.25, 0.3) is 0 Å². The zero-order valence-electron chi connectivity index (χ0n) is 11.2. The highest BCUT2D eigenvalue weighted by Crippen LogP contribution is 2.26. The first-order chi connectivity index (χ1) is 8.58. The van der Waals surface area contributed by atoms with Crippen molar-refractivity contribution < 1.29 is 9.50 Å². The number of hydrogen-bond donors (Lipinski definition) is 2. The lowest BCUT2D eigenvalue weighted by atomic mass is 10.1. The Hall–Kier alpha value is -0.580. The summed E-state index contributed by atoms with van der Waals surface area (Å²) in [6.07, 6.45) is 0. The van der Waals surface area contributed by atoms with Gasteiger partial charge in [-0.1, -0.05) is 19.9 Å². The van der Waals surface area contributed by atoms with Crippen LogP contribution >= 0.6 is 11.8 Å². The molecular formula is C14H22FNOS. The molecule has 102 valence electrons. The number of aliphatic hydroxyl groups excluding tert-OH is 1. The molecule has 0 aliphatic heterocycles. The van der Waals surface area contributed by atoms with E-state index in [1.165, 1.54) is 11.8 Å². The summed E-state index contributed by atoms with van der Waals surface area (Å²) in [6.45, 7) is 7.02. The zero-order valence-corrected chi connectivity index (χ0v) is 12.1. The molecule has 0 aliphatic rings. The first-order valence-electron chi connectivity index (χ1n) is 6.35. The van der Waals surface area contributed by atoms with Crippen LogP contribution < -0.4 is 5.32 Å². The molecule has 2 unspecified atom stereocenters. The first-order valence-corrected chi connectivity index (χ1v) is 7.33. The second-order valence-corrected chi connectivity index (χ2v) is 5.63. The molecular weight excluding hydrogens is 249 g/mol. The molecule has 2 N–H and O–H groups in total. The van der Waals surface area contributed by atoms with E-state index < -0.39 is 0 Å². The lowest BCUT2D eigenvalue weighted by Gasteiger charge is -2.14. The largest absolute Gasteiger partial charge is 0.396 e. The lowest BCUT2D eigenvalue weighted by Crippen LogP contribution is -2.17. The average Bonchev–Trinajstić information content (AvgIpc) is 2.37. The highest BCUT2D eigenvalue weighted by Gasteiger charge is 2.10. The molecule has 2 atom stereocenters. The van der Waals surface area contributed by atoms with Crippen molar-refractivity contribution >= 4 is 11.8 Å². The van der Waals surface area contributed by atoms with Gasteiger partial charge < -0.3 is 10.4 Å². The Labute approximate surface area is 113 Å². The summed E-state index contributed by atoms with van der Waals surface area (Å²) in [6, 6.07) is 5.55. The molecule has 0 fully saturated rings. The van der Waals surface area contributed by atoms with E-state index in [1.54, 1.807) is 6.07 Å². The number of benzene rings is 1. The van der Waals surface area contributed by atoms with Crippen LogP contribution in [0.5, 0.6) is 0 Å². The quantitative estimate of drug-likeness (QED) is 0.747. The Morgan fingerprint density at radius 1 is 1.39 bits per heavy atom. The fraction of sp³-hybridized carbons (Fsp3) is 0.571. The van der Waals surface area contributed by atoms with E-state index in [9.17, 15) is 4.39 Å². The van der Waals surface area contributed by atoms with Crippen LogP contribution in [0.25, 0.3) is 0 Å². The predicted molar refractivity (Wildman–Crippen MR) is 75.5 cm³/mol. The first kappa shape index (κ1) is 15.5. The molecule has 0 spiro atoms. The molecule has 0 radical (unpaired) electrons. The van der Waals surface area contributed by atoms with Gasteiger partial charge in [-0.2, -0.15) is 0 Å². The Kier molecular flexibility index (Phi) is 6.68.